The molecule has 1 atom stereocenters. The zero-order chi connectivity index (χ0) is 12.5. The summed E-state index contributed by atoms with van der Waals surface area (Å²) >= 11 is 6.91. The number of hydrogen-bond donors (Lipinski definition) is 3. The van der Waals surface area contributed by atoms with E-state index in [4.69, 9.17) is 9.79 Å². The Labute approximate surface area is 112 Å². The minimum atomic E-state index is -3.11. The molecule has 0 saturated carbocycles. The summed E-state index contributed by atoms with van der Waals surface area (Å²) in [6, 6.07) is 0. The summed E-state index contributed by atoms with van der Waals surface area (Å²) in [5.74, 6) is 0. The van der Waals surface area contributed by atoms with Crippen molar-refractivity contribution in [1.29, 1.82) is 0 Å². The number of thiol groups is 1. The van der Waals surface area contributed by atoms with E-state index in [1.165, 1.54) is 23.8 Å². The predicted molar refractivity (Wildman–Crippen MR) is 71.8 cm³/mol. The Morgan fingerprint density at radius 1 is 1.33 bits per heavy atom. The van der Waals surface area contributed by atoms with E-state index in [0.717, 1.165) is 4.51 Å². The van der Waals surface area contributed by atoms with Gasteiger partial charge in [-0.05, 0) is 11.8 Å². The van der Waals surface area contributed by atoms with Gasteiger partial charge in [-0.15, -0.1) is 0 Å². The van der Waals surface area contributed by atoms with E-state index in [9.17, 15) is 0 Å². The molecular weight excluding hydrogens is 301 g/mol. The maximum Gasteiger partial charge on any atom is 0.239 e. The molecule has 0 fully saturated rings. The second kappa shape index (κ2) is 10.7. The van der Waals surface area contributed by atoms with Crippen molar-refractivity contribution in [2.45, 2.75) is 56.0 Å². The van der Waals surface area contributed by atoms with Gasteiger partial charge >= 0.3 is 73.1 Å². The average Bonchev–Trinajstić information content (AvgIpc) is 1.99. The molecule has 0 heterocycles. The fourth-order valence-corrected chi connectivity index (χ4v) is 6.41. The van der Waals surface area contributed by atoms with Crippen LogP contribution in [-0.2, 0) is 28.9 Å². The summed E-state index contributed by atoms with van der Waals surface area (Å²) < 4.78 is 2.25. The molecule has 0 saturated heterocycles. The third-order valence-corrected chi connectivity index (χ3v) is 7.52. The molecule has 0 aromatic heterocycles. The monoisotopic (exact) mass is 322 g/mol. The standard InChI is InChI=1S/C6H13.C3H7.H3O2PS2.Zn/c1-3-5-6-4-2;1-3-2;1-3(2,4)5;/h5H,3-4,6H2,1-2H3;3H,1-2H3;(H3,1,2,4,5);. The van der Waals surface area contributed by atoms with Crippen LogP contribution in [0.5, 0.6) is 0 Å². The maximum absolute atomic E-state index is 7.87. The normalized spacial score (nSPS) is 12.8. The largest absolute Gasteiger partial charge is 0.338 e. The number of hydrogen-bond acceptors (Lipinski definition) is 1. The Morgan fingerprint density at radius 2 is 1.73 bits per heavy atom. The fourth-order valence-electron chi connectivity index (χ4n) is 1.56. The van der Waals surface area contributed by atoms with Crippen molar-refractivity contribution >= 4 is 29.7 Å². The summed E-state index contributed by atoms with van der Waals surface area (Å²) in [6.07, 6.45) is 4.36. The van der Waals surface area contributed by atoms with Gasteiger partial charge in [-0.25, -0.2) is 0 Å². The molecule has 1 unspecified atom stereocenters. The molecule has 2 N–H and O–H groups in total. The van der Waals surface area contributed by atoms with Gasteiger partial charge in [-0.1, -0.05) is 12.2 Å². The first-order valence-electron chi connectivity index (χ1n) is 5.48. The van der Waals surface area contributed by atoms with Crippen LogP contribution in [-0.4, -0.2) is 9.79 Å². The van der Waals surface area contributed by atoms with Crippen LogP contribution in [0, 0.1) is 0 Å². The summed E-state index contributed by atoms with van der Waals surface area (Å²) in [4.78, 5) is 15.7. The first-order chi connectivity index (χ1) is 6.70. The van der Waals surface area contributed by atoms with Gasteiger partial charge in [0.05, 0.1) is 0 Å². The summed E-state index contributed by atoms with van der Waals surface area (Å²) in [5.41, 5.74) is -3.11. The minimum absolute atomic E-state index is 0.161. The Bertz CT molecular complexity index is 177. The van der Waals surface area contributed by atoms with Crippen molar-refractivity contribution < 1.29 is 26.9 Å². The van der Waals surface area contributed by atoms with Crippen molar-refractivity contribution in [1.82, 2.24) is 0 Å². The maximum atomic E-state index is 7.87. The second-order valence-electron chi connectivity index (χ2n) is 4.21. The van der Waals surface area contributed by atoms with Crippen LogP contribution in [0.25, 0.3) is 0 Å². The van der Waals surface area contributed by atoms with Crippen LogP contribution < -0.4 is 0 Å². The van der Waals surface area contributed by atoms with E-state index in [1.54, 1.807) is 0 Å². The molecule has 0 rings (SSSR count). The molecule has 0 spiro atoms. The summed E-state index contributed by atoms with van der Waals surface area (Å²) in [5, 5.41) is 0. The Kier molecular flexibility index (Phi) is 13.5. The van der Waals surface area contributed by atoms with Crippen molar-refractivity contribution in [2.24, 2.45) is 0 Å². The molecule has 0 amide bonds. The van der Waals surface area contributed by atoms with Crippen LogP contribution >= 0.6 is 17.9 Å². The smallest absolute Gasteiger partial charge is 0.239 e. The summed E-state index contributed by atoms with van der Waals surface area (Å²) in [6.45, 7) is 9.47. The van der Waals surface area contributed by atoms with Gasteiger partial charge in [0.1, 0.15) is 0 Å². The van der Waals surface area contributed by atoms with Crippen LogP contribution in [0.2, 0.25) is 9.02 Å². The topological polar surface area (TPSA) is 40.5 Å². The Hall–Kier alpha value is 1.54. The summed E-state index contributed by atoms with van der Waals surface area (Å²) in [7, 11) is 0. The zero-order valence-corrected chi connectivity index (χ0v) is 15.8. The Balaban J connectivity index is 0. The molecule has 90 valence electrons. The van der Waals surface area contributed by atoms with E-state index in [-0.39, 0.29) is 17.1 Å². The van der Waals surface area contributed by atoms with Gasteiger partial charge in [0.25, 0.3) is 0 Å². The van der Waals surface area contributed by atoms with E-state index < -0.39 is 5.69 Å². The second-order valence-corrected chi connectivity index (χ2v) is 16.1. The molecule has 15 heavy (non-hydrogen) atoms. The third kappa shape index (κ3) is 25.6. The van der Waals surface area contributed by atoms with Crippen LogP contribution in [0.15, 0.2) is 0 Å². The van der Waals surface area contributed by atoms with Gasteiger partial charge in [-0.2, -0.15) is 0 Å². The van der Waals surface area contributed by atoms with Crippen LogP contribution in [0.3, 0.4) is 0 Å². The van der Waals surface area contributed by atoms with Gasteiger partial charge < -0.3 is 9.79 Å². The molecule has 0 bridgehead atoms. The van der Waals surface area contributed by atoms with Crippen molar-refractivity contribution in [3.8, 4) is 0 Å². The first kappa shape index (κ1) is 18.9. The molecule has 6 heteroatoms. The van der Waals surface area contributed by atoms with E-state index in [2.05, 4.69) is 51.8 Å². The van der Waals surface area contributed by atoms with Gasteiger partial charge in [0, 0.05) is 0 Å². The van der Waals surface area contributed by atoms with Crippen molar-refractivity contribution in [3.05, 3.63) is 0 Å². The van der Waals surface area contributed by atoms with Crippen LogP contribution in [0.1, 0.15) is 47.0 Å². The van der Waals surface area contributed by atoms with Crippen LogP contribution in [0.4, 0.5) is 0 Å². The number of rotatable bonds is 5. The third-order valence-electron chi connectivity index (χ3n) is 2.08. The first-order valence-corrected chi connectivity index (χ1v) is 12.8. The Morgan fingerprint density at radius 3 is 1.93 bits per heavy atom. The van der Waals surface area contributed by atoms with Crippen molar-refractivity contribution in [2.75, 3.05) is 0 Å². The molecule has 2 nitrogen and oxygen atoms in total. The molecule has 0 aliphatic carbocycles. The fraction of sp³-hybridized carbons (Fsp3) is 1.00. The molecule has 0 aliphatic rings. The molecule has 0 radical (unpaired) electrons. The molecular formula is C9H23O2PS2Zn. The van der Waals surface area contributed by atoms with E-state index in [1.807, 2.05) is 0 Å². The van der Waals surface area contributed by atoms with Gasteiger partial charge in [-0.3, -0.25) is 0 Å². The molecule has 0 aliphatic heterocycles. The van der Waals surface area contributed by atoms with Gasteiger partial charge in [0.15, 0.2) is 0 Å². The minimum Gasteiger partial charge on any atom is -0.338 e. The van der Waals surface area contributed by atoms with E-state index >= 15 is 0 Å². The zero-order valence-electron chi connectivity index (χ0n) is 10.2. The SMILES string of the molecule is CCC[CH](CC)[Zn][CH](C)C.OP(O)(=S)S. The molecule has 0 aromatic rings. The van der Waals surface area contributed by atoms with Crippen molar-refractivity contribution in [3.63, 3.8) is 0 Å². The van der Waals surface area contributed by atoms with Gasteiger partial charge in [0.2, 0.25) is 5.69 Å². The average molecular weight is 324 g/mol. The quantitative estimate of drug-likeness (QED) is 0.406. The predicted octanol–water partition coefficient (Wildman–Crippen LogP) is 4.02. The van der Waals surface area contributed by atoms with E-state index in [0.29, 0.717) is 0 Å². The molecule has 0 aromatic carbocycles.